The van der Waals surface area contributed by atoms with Crippen molar-refractivity contribution >= 4 is 28.8 Å². The van der Waals surface area contributed by atoms with Crippen LogP contribution < -0.4 is 4.74 Å². The van der Waals surface area contributed by atoms with Crippen molar-refractivity contribution < 1.29 is 19.4 Å². The van der Waals surface area contributed by atoms with Crippen LogP contribution in [0.3, 0.4) is 0 Å². The molecular weight excluding hydrogens is 436 g/mol. The molecule has 33 heavy (non-hydrogen) atoms. The van der Waals surface area contributed by atoms with E-state index in [-0.39, 0.29) is 17.9 Å². The first-order chi connectivity index (χ1) is 16.0. The Kier molecular flexibility index (Phi) is 6.89. The SMILES string of the molecule is CCCCOc1ccc(C(O)=C2C(=O)C(=O)N(Cc3cccnc3)[C@H]2c2cccs2)c(C)c1. The summed E-state index contributed by atoms with van der Waals surface area (Å²) in [7, 11) is 0. The zero-order chi connectivity index (χ0) is 23.4. The van der Waals surface area contributed by atoms with Gasteiger partial charge in [-0.3, -0.25) is 14.6 Å². The lowest BCUT2D eigenvalue weighted by Crippen LogP contribution is -2.28. The highest BCUT2D eigenvalue weighted by Gasteiger charge is 2.46. The van der Waals surface area contributed by atoms with Crippen LogP contribution in [0.2, 0.25) is 0 Å². The molecule has 2 aromatic heterocycles. The number of thiophene rings is 1. The number of likely N-dealkylation sites (tertiary alicyclic amines) is 1. The van der Waals surface area contributed by atoms with Crippen LogP contribution >= 0.6 is 11.3 Å². The molecule has 1 aromatic carbocycles. The van der Waals surface area contributed by atoms with Crippen LogP contribution in [0.5, 0.6) is 5.75 Å². The molecule has 4 rings (SSSR count). The second-order valence-corrected chi connectivity index (χ2v) is 8.96. The molecular formula is C26H26N2O4S. The molecule has 7 heteroatoms. The summed E-state index contributed by atoms with van der Waals surface area (Å²) < 4.78 is 5.76. The number of nitrogens with zero attached hydrogens (tertiary/aromatic N) is 2. The van der Waals surface area contributed by atoms with Crippen LogP contribution in [0, 0.1) is 6.92 Å². The van der Waals surface area contributed by atoms with Crippen molar-refractivity contribution in [2.24, 2.45) is 0 Å². The zero-order valence-electron chi connectivity index (χ0n) is 18.7. The number of ether oxygens (including phenoxy) is 1. The van der Waals surface area contributed by atoms with E-state index in [1.54, 1.807) is 30.6 Å². The molecule has 1 saturated heterocycles. The molecule has 0 aliphatic carbocycles. The van der Waals surface area contributed by atoms with Gasteiger partial charge in [0.1, 0.15) is 11.5 Å². The highest BCUT2D eigenvalue weighted by atomic mass is 32.1. The van der Waals surface area contributed by atoms with Crippen molar-refractivity contribution in [2.75, 3.05) is 6.61 Å². The quantitative estimate of drug-likeness (QED) is 0.214. The third-order valence-corrected chi connectivity index (χ3v) is 6.57. The summed E-state index contributed by atoms with van der Waals surface area (Å²) in [6.07, 6.45) is 5.33. The molecule has 0 spiro atoms. The van der Waals surface area contributed by atoms with Gasteiger partial charge in [0, 0.05) is 29.4 Å². The zero-order valence-corrected chi connectivity index (χ0v) is 19.5. The van der Waals surface area contributed by atoms with Crippen LogP contribution in [0.15, 0.2) is 65.8 Å². The Morgan fingerprint density at radius 2 is 2.06 bits per heavy atom. The van der Waals surface area contributed by atoms with E-state index in [2.05, 4.69) is 11.9 Å². The first-order valence-electron chi connectivity index (χ1n) is 11.0. The van der Waals surface area contributed by atoms with Crippen LogP contribution in [-0.2, 0) is 16.1 Å². The Hall–Kier alpha value is -3.45. The fourth-order valence-electron chi connectivity index (χ4n) is 3.95. The van der Waals surface area contributed by atoms with Gasteiger partial charge < -0.3 is 14.7 Å². The number of amides is 1. The number of unbranched alkanes of at least 4 members (excludes halogenated alkanes) is 1. The average Bonchev–Trinajstić information content (AvgIpc) is 3.42. The number of hydrogen-bond donors (Lipinski definition) is 1. The molecule has 0 bridgehead atoms. The second kappa shape index (κ2) is 10.0. The standard InChI is InChI=1S/C26H26N2O4S/c1-3-4-12-32-19-9-10-20(17(2)14-19)24(29)22-23(21-8-6-13-33-21)28(26(31)25(22)30)16-18-7-5-11-27-15-18/h5-11,13-15,23,29H,3-4,12,16H2,1-2H3/t23-/m0/s1. The van der Waals surface area contributed by atoms with Gasteiger partial charge in [0.15, 0.2) is 0 Å². The Labute approximate surface area is 197 Å². The Balaban J connectivity index is 1.74. The normalized spacial score (nSPS) is 17.5. The molecule has 0 saturated carbocycles. The third-order valence-electron chi connectivity index (χ3n) is 5.65. The third kappa shape index (κ3) is 4.68. The van der Waals surface area contributed by atoms with Crippen LogP contribution in [0.1, 0.15) is 47.4 Å². The van der Waals surface area contributed by atoms with Gasteiger partial charge >= 0.3 is 0 Å². The number of aliphatic hydroxyl groups is 1. The van der Waals surface area contributed by atoms with Crippen LogP contribution in [0.4, 0.5) is 0 Å². The van der Waals surface area contributed by atoms with E-state index in [4.69, 9.17) is 4.74 Å². The molecule has 170 valence electrons. The topological polar surface area (TPSA) is 79.7 Å². The van der Waals surface area contributed by atoms with Gasteiger partial charge in [-0.05, 0) is 60.2 Å². The maximum atomic E-state index is 13.1. The number of pyridine rings is 1. The molecule has 1 atom stereocenters. The molecule has 1 N–H and O–H groups in total. The lowest BCUT2D eigenvalue weighted by molar-refractivity contribution is -0.140. The van der Waals surface area contributed by atoms with E-state index in [1.165, 1.54) is 16.2 Å². The van der Waals surface area contributed by atoms with E-state index < -0.39 is 17.7 Å². The number of benzene rings is 1. The first kappa shape index (κ1) is 22.7. The summed E-state index contributed by atoms with van der Waals surface area (Å²) in [6.45, 7) is 4.80. The summed E-state index contributed by atoms with van der Waals surface area (Å²) in [6, 6.07) is 12.1. The number of aromatic nitrogens is 1. The molecule has 6 nitrogen and oxygen atoms in total. The molecule has 3 aromatic rings. The van der Waals surface area contributed by atoms with Crippen molar-refractivity contribution in [3.8, 4) is 5.75 Å². The smallest absolute Gasteiger partial charge is 0.295 e. The minimum Gasteiger partial charge on any atom is -0.507 e. The van der Waals surface area contributed by atoms with Gasteiger partial charge in [-0.2, -0.15) is 0 Å². The van der Waals surface area contributed by atoms with Crippen molar-refractivity contribution in [1.29, 1.82) is 0 Å². The van der Waals surface area contributed by atoms with E-state index in [1.807, 2.05) is 36.6 Å². The lowest BCUT2D eigenvalue weighted by Gasteiger charge is -2.24. The molecule has 1 amide bonds. The summed E-state index contributed by atoms with van der Waals surface area (Å²) in [4.78, 5) is 32.6. The second-order valence-electron chi connectivity index (χ2n) is 7.98. The summed E-state index contributed by atoms with van der Waals surface area (Å²) >= 11 is 1.45. The van der Waals surface area contributed by atoms with Crippen molar-refractivity contribution in [3.05, 3.63) is 87.4 Å². The number of aliphatic hydroxyl groups excluding tert-OH is 1. The Morgan fingerprint density at radius 3 is 2.73 bits per heavy atom. The number of rotatable bonds is 8. The predicted octanol–water partition coefficient (Wildman–Crippen LogP) is 5.25. The number of aryl methyl sites for hydroxylation is 1. The number of ketones is 1. The largest absolute Gasteiger partial charge is 0.507 e. The van der Waals surface area contributed by atoms with Gasteiger partial charge in [-0.1, -0.05) is 25.5 Å². The monoisotopic (exact) mass is 462 g/mol. The Bertz CT molecular complexity index is 1170. The number of carbonyl (C=O) groups is 2. The molecule has 1 aliphatic rings. The number of hydrogen-bond acceptors (Lipinski definition) is 6. The predicted molar refractivity (Wildman–Crippen MR) is 128 cm³/mol. The minimum absolute atomic E-state index is 0.106. The van der Waals surface area contributed by atoms with Crippen molar-refractivity contribution in [2.45, 2.75) is 39.3 Å². The van der Waals surface area contributed by atoms with Gasteiger partial charge in [0.2, 0.25) is 0 Å². The minimum atomic E-state index is -0.683. The van der Waals surface area contributed by atoms with Gasteiger partial charge in [-0.25, -0.2) is 0 Å². The van der Waals surface area contributed by atoms with Gasteiger partial charge in [0.05, 0.1) is 18.2 Å². The highest BCUT2D eigenvalue weighted by molar-refractivity contribution is 7.10. The van der Waals surface area contributed by atoms with E-state index in [0.717, 1.165) is 28.8 Å². The summed E-state index contributed by atoms with van der Waals surface area (Å²) in [5, 5.41) is 13.2. The fraction of sp³-hybridized carbons (Fsp3) is 0.269. The maximum Gasteiger partial charge on any atom is 0.295 e. The maximum absolute atomic E-state index is 13.1. The van der Waals surface area contributed by atoms with Gasteiger partial charge in [-0.15, -0.1) is 11.3 Å². The molecule has 3 heterocycles. The average molecular weight is 463 g/mol. The van der Waals surface area contributed by atoms with E-state index >= 15 is 0 Å². The molecule has 0 unspecified atom stereocenters. The summed E-state index contributed by atoms with van der Waals surface area (Å²) in [5.74, 6) is -0.768. The lowest BCUT2D eigenvalue weighted by atomic mass is 9.97. The number of carbonyl (C=O) groups excluding carboxylic acids is 2. The van der Waals surface area contributed by atoms with Crippen molar-refractivity contribution in [3.63, 3.8) is 0 Å². The molecule has 1 fully saturated rings. The van der Waals surface area contributed by atoms with Crippen molar-refractivity contribution in [1.82, 2.24) is 9.88 Å². The molecule has 1 aliphatic heterocycles. The van der Waals surface area contributed by atoms with E-state index in [0.29, 0.717) is 17.9 Å². The Morgan fingerprint density at radius 1 is 1.21 bits per heavy atom. The van der Waals surface area contributed by atoms with Crippen LogP contribution in [0.25, 0.3) is 5.76 Å². The van der Waals surface area contributed by atoms with Gasteiger partial charge in [0.25, 0.3) is 11.7 Å². The molecule has 0 radical (unpaired) electrons. The highest BCUT2D eigenvalue weighted by Crippen LogP contribution is 2.42. The van der Waals surface area contributed by atoms with E-state index in [9.17, 15) is 14.7 Å². The fourth-order valence-corrected chi connectivity index (χ4v) is 4.79. The summed E-state index contributed by atoms with van der Waals surface area (Å²) in [5.41, 5.74) is 2.20. The number of Topliss-reactive ketones (excluding diaryl/α,β-unsaturated/α-hetero) is 1. The first-order valence-corrected chi connectivity index (χ1v) is 11.8. The van der Waals surface area contributed by atoms with Crippen LogP contribution in [-0.4, -0.2) is 33.3 Å².